The van der Waals surface area contributed by atoms with Crippen LogP contribution < -0.4 is 4.74 Å². The molecule has 0 bridgehead atoms. The second-order valence-corrected chi connectivity index (χ2v) is 5.30. The lowest BCUT2D eigenvalue weighted by molar-refractivity contribution is 0.305. The molecule has 0 aliphatic rings. The van der Waals surface area contributed by atoms with Crippen molar-refractivity contribution in [2.45, 2.75) is 6.61 Å². The summed E-state index contributed by atoms with van der Waals surface area (Å²) in [7, 11) is 0. The van der Waals surface area contributed by atoms with E-state index in [9.17, 15) is 4.39 Å². The van der Waals surface area contributed by atoms with Crippen molar-refractivity contribution < 1.29 is 9.13 Å². The Bertz CT molecular complexity index is 755. The first-order valence-electron chi connectivity index (χ1n) is 6.28. The van der Waals surface area contributed by atoms with Crippen LogP contribution in [0.2, 0.25) is 0 Å². The smallest absolute Gasteiger partial charge is 0.137 e. The number of halogens is 2. The summed E-state index contributed by atoms with van der Waals surface area (Å²) in [6.07, 6.45) is 0. The van der Waals surface area contributed by atoms with E-state index in [4.69, 9.17) is 4.74 Å². The van der Waals surface area contributed by atoms with Crippen molar-refractivity contribution in [2.24, 2.45) is 0 Å². The van der Waals surface area contributed by atoms with E-state index in [1.165, 1.54) is 11.5 Å². The van der Waals surface area contributed by atoms with Crippen LogP contribution in [0.1, 0.15) is 5.56 Å². The van der Waals surface area contributed by atoms with Crippen LogP contribution in [0.25, 0.3) is 10.8 Å². The van der Waals surface area contributed by atoms with E-state index in [1.54, 1.807) is 6.07 Å². The van der Waals surface area contributed by atoms with Gasteiger partial charge in [0.1, 0.15) is 18.2 Å². The van der Waals surface area contributed by atoms with Crippen LogP contribution in [0.5, 0.6) is 5.75 Å². The molecule has 0 radical (unpaired) electrons. The number of hydrogen-bond donors (Lipinski definition) is 0. The molecule has 0 aliphatic heterocycles. The van der Waals surface area contributed by atoms with E-state index in [0.29, 0.717) is 11.1 Å². The van der Waals surface area contributed by atoms with Gasteiger partial charge in [-0.25, -0.2) is 4.39 Å². The highest BCUT2D eigenvalue weighted by Gasteiger charge is 2.06. The Balaban J connectivity index is 1.81. The molecule has 1 nitrogen and oxygen atoms in total. The third-order valence-corrected chi connectivity index (χ3v) is 4.03. The number of benzene rings is 3. The molecule has 0 spiro atoms. The standard InChI is InChI=1S/C17H12BrFO/c18-17-14(6-3-7-16(17)19)11-20-15-9-8-12-4-1-2-5-13(12)10-15/h1-10H,11H2. The topological polar surface area (TPSA) is 9.23 Å². The van der Waals surface area contributed by atoms with Crippen LogP contribution >= 0.6 is 15.9 Å². The van der Waals surface area contributed by atoms with Gasteiger partial charge in [-0.3, -0.25) is 0 Å². The molecule has 3 aromatic carbocycles. The van der Waals surface area contributed by atoms with E-state index < -0.39 is 0 Å². The molecule has 0 saturated carbocycles. The zero-order valence-electron chi connectivity index (χ0n) is 10.6. The monoisotopic (exact) mass is 330 g/mol. The lowest BCUT2D eigenvalue weighted by atomic mass is 10.1. The summed E-state index contributed by atoms with van der Waals surface area (Å²) in [4.78, 5) is 0. The fraction of sp³-hybridized carbons (Fsp3) is 0.0588. The zero-order chi connectivity index (χ0) is 13.9. The summed E-state index contributed by atoms with van der Waals surface area (Å²) >= 11 is 3.24. The van der Waals surface area contributed by atoms with E-state index >= 15 is 0 Å². The van der Waals surface area contributed by atoms with Gasteiger partial charge in [0.2, 0.25) is 0 Å². The fourth-order valence-electron chi connectivity index (χ4n) is 2.08. The molecule has 0 atom stereocenters. The second kappa shape index (κ2) is 5.63. The first-order chi connectivity index (χ1) is 9.74. The highest BCUT2D eigenvalue weighted by molar-refractivity contribution is 9.10. The predicted octanol–water partition coefficient (Wildman–Crippen LogP) is 5.32. The van der Waals surface area contributed by atoms with Gasteiger partial charge in [0.05, 0.1) is 4.47 Å². The Morgan fingerprint density at radius 2 is 1.70 bits per heavy atom. The van der Waals surface area contributed by atoms with Gasteiger partial charge in [-0.2, -0.15) is 0 Å². The highest BCUT2D eigenvalue weighted by atomic mass is 79.9. The summed E-state index contributed by atoms with van der Waals surface area (Å²) in [5.74, 6) is 0.504. The summed E-state index contributed by atoms with van der Waals surface area (Å²) < 4.78 is 19.6. The molecule has 0 unspecified atom stereocenters. The molecule has 3 aromatic rings. The van der Waals surface area contributed by atoms with Crippen LogP contribution in [-0.2, 0) is 6.61 Å². The minimum absolute atomic E-state index is 0.274. The zero-order valence-corrected chi connectivity index (χ0v) is 12.2. The molecule has 20 heavy (non-hydrogen) atoms. The normalized spacial score (nSPS) is 10.7. The average Bonchev–Trinajstić information content (AvgIpc) is 2.48. The van der Waals surface area contributed by atoms with Crippen LogP contribution in [0, 0.1) is 5.82 Å². The average molecular weight is 331 g/mol. The van der Waals surface area contributed by atoms with Gasteiger partial charge >= 0.3 is 0 Å². The maximum absolute atomic E-state index is 13.4. The summed E-state index contributed by atoms with van der Waals surface area (Å²) in [5.41, 5.74) is 0.790. The second-order valence-electron chi connectivity index (χ2n) is 4.51. The molecule has 0 fully saturated rings. The maximum atomic E-state index is 13.4. The van der Waals surface area contributed by atoms with Crippen molar-refractivity contribution in [1.82, 2.24) is 0 Å². The molecule has 0 aliphatic carbocycles. The molecule has 0 saturated heterocycles. The van der Waals surface area contributed by atoms with Gasteiger partial charge in [-0.15, -0.1) is 0 Å². The molecule has 0 heterocycles. The van der Waals surface area contributed by atoms with Gasteiger partial charge in [0, 0.05) is 5.56 Å². The van der Waals surface area contributed by atoms with Gasteiger partial charge in [0.25, 0.3) is 0 Å². The van der Waals surface area contributed by atoms with Crippen molar-refractivity contribution in [3.05, 3.63) is 76.5 Å². The number of fused-ring (bicyclic) bond motifs is 1. The molecule has 0 amide bonds. The van der Waals surface area contributed by atoms with Crippen molar-refractivity contribution in [2.75, 3.05) is 0 Å². The summed E-state index contributed by atoms with van der Waals surface area (Å²) in [6.45, 7) is 0.330. The minimum atomic E-state index is -0.274. The Hall–Kier alpha value is -1.87. The van der Waals surface area contributed by atoms with E-state index in [2.05, 4.69) is 22.0 Å². The van der Waals surface area contributed by atoms with Gasteiger partial charge in [0.15, 0.2) is 0 Å². The number of hydrogen-bond acceptors (Lipinski definition) is 1. The first-order valence-corrected chi connectivity index (χ1v) is 7.08. The quantitative estimate of drug-likeness (QED) is 0.631. The van der Waals surface area contributed by atoms with Gasteiger partial charge < -0.3 is 4.74 Å². The van der Waals surface area contributed by atoms with Crippen LogP contribution in [0.15, 0.2) is 65.1 Å². The van der Waals surface area contributed by atoms with E-state index in [0.717, 1.165) is 16.7 Å². The third kappa shape index (κ3) is 2.68. The van der Waals surface area contributed by atoms with Crippen LogP contribution in [-0.4, -0.2) is 0 Å². The predicted molar refractivity (Wildman–Crippen MR) is 82.4 cm³/mol. The molecule has 0 aromatic heterocycles. The van der Waals surface area contributed by atoms with Crippen molar-refractivity contribution >= 4 is 26.7 Å². The molecule has 3 heteroatoms. The number of ether oxygens (including phenoxy) is 1. The Labute approximate surface area is 125 Å². The van der Waals surface area contributed by atoms with E-state index in [-0.39, 0.29) is 5.82 Å². The van der Waals surface area contributed by atoms with Gasteiger partial charge in [-0.05, 0) is 44.9 Å². The minimum Gasteiger partial charge on any atom is -0.489 e. The third-order valence-electron chi connectivity index (χ3n) is 3.15. The fourth-order valence-corrected chi connectivity index (χ4v) is 2.46. The van der Waals surface area contributed by atoms with E-state index in [1.807, 2.05) is 42.5 Å². The lowest BCUT2D eigenvalue weighted by Gasteiger charge is -2.09. The molecular weight excluding hydrogens is 319 g/mol. The Kier molecular flexibility index (Phi) is 3.70. The molecular formula is C17H12BrFO. The van der Waals surface area contributed by atoms with Crippen molar-refractivity contribution in [1.29, 1.82) is 0 Å². The SMILES string of the molecule is Fc1cccc(COc2ccc3ccccc3c2)c1Br. The Morgan fingerprint density at radius 3 is 2.55 bits per heavy atom. The van der Waals surface area contributed by atoms with Gasteiger partial charge in [-0.1, -0.05) is 42.5 Å². The van der Waals surface area contributed by atoms with Crippen molar-refractivity contribution in [3.63, 3.8) is 0 Å². The summed E-state index contributed by atoms with van der Waals surface area (Å²) in [6, 6.07) is 19.0. The first kappa shape index (κ1) is 13.1. The van der Waals surface area contributed by atoms with Crippen LogP contribution in [0.3, 0.4) is 0 Å². The molecule has 3 rings (SSSR count). The lowest BCUT2D eigenvalue weighted by Crippen LogP contribution is -1.97. The molecule has 0 N–H and O–H groups in total. The largest absolute Gasteiger partial charge is 0.489 e. The number of rotatable bonds is 3. The maximum Gasteiger partial charge on any atom is 0.137 e. The Morgan fingerprint density at radius 1 is 0.900 bits per heavy atom. The highest BCUT2D eigenvalue weighted by Crippen LogP contribution is 2.24. The van der Waals surface area contributed by atoms with Crippen LogP contribution in [0.4, 0.5) is 4.39 Å². The molecule has 100 valence electrons. The summed E-state index contributed by atoms with van der Waals surface area (Å²) in [5, 5.41) is 2.30. The van der Waals surface area contributed by atoms with Crippen molar-refractivity contribution in [3.8, 4) is 5.75 Å².